The number of aliphatic hydroxyl groups is 1. The zero-order chi connectivity index (χ0) is 22.2. The van der Waals surface area contributed by atoms with Crippen molar-refractivity contribution in [3.8, 4) is 11.5 Å². The van der Waals surface area contributed by atoms with E-state index in [4.69, 9.17) is 9.47 Å². The molecule has 2 aromatic rings. The van der Waals surface area contributed by atoms with Gasteiger partial charge in [-0.1, -0.05) is 55.7 Å². The Morgan fingerprint density at radius 2 is 1.69 bits per heavy atom. The number of aliphatic hydroxyl groups excluding tert-OH is 1. The second-order valence-electron chi connectivity index (χ2n) is 9.32. The lowest BCUT2D eigenvalue weighted by molar-refractivity contribution is 0.0645. The second-order valence-corrected chi connectivity index (χ2v) is 9.32. The predicted octanol–water partition coefficient (Wildman–Crippen LogP) is 4.48. The maximum absolute atomic E-state index is 10.5. The molecule has 0 radical (unpaired) electrons. The lowest BCUT2D eigenvalue weighted by atomic mass is 10.0. The molecule has 1 aliphatic heterocycles. The molecule has 1 atom stereocenters. The summed E-state index contributed by atoms with van der Waals surface area (Å²) in [7, 11) is 1.67. The van der Waals surface area contributed by atoms with Crippen LogP contribution < -0.4 is 14.8 Å². The van der Waals surface area contributed by atoms with Gasteiger partial charge in [0, 0.05) is 18.6 Å². The summed E-state index contributed by atoms with van der Waals surface area (Å²) in [6, 6.07) is 16.8. The van der Waals surface area contributed by atoms with Gasteiger partial charge in [-0.3, -0.25) is 0 Å². The molecule has 2 aliphatic rings. The zero-order valence-electron chi connectivity index (χ0n) is 19.4. The lowest BCUT2D eigenvalue weighted by Crippen LogP contribution is -2.37. The molecule has 0 spiro atoms. The van der Waals surface area contributed by atoms with Crippen LogP contribution in [0.2, 0.25) is 0 Å². The number of nitrogens with one attached hydrogen (secondary N) is 1. The Hall–Kier alpha value is -2.08. The molecule has 2 aromatic carbocycles. The van der Waals surface area contributed by atoms with Crippen LogP contribution in [0.1, 0.15) is 56.1 Å². The van der Waals surface area contributed by atoms with Gasteiger partial charge in [0.05, 0.1) is 7.11 Å². The van der Waals surface area contributed by atoms with E-state index in [1.165, 1.54) is 50.5 Å². The number of likely N-dealkylation sites (tertiary alicyclic amines) is 1. The fourth-order valence-corrected chi connectivity index (χ4v) is 4.69. The van der Waals surface area contributed by atoms with Crippen LogP contribution in [0.3, 0.4) is 0 Å². The maximum Gasteiger partial charge on any atom is 0.161 e. The normalized spacial score (nSPS) is 19.6. The van der Waals surface area contributed by atoms with Crippen molar-refractivity contribution in [2.45, 2.75) is 63.1 Å². The quantitative estimate of drug-likeness (QED) is 0.573. The molecule has 174 valence electrons. The molecule has 2 fully saturated rings. The molecule has 32 heavy (non-hydrogen) atoms. The van der Waals surface area contributed by atoms with Gasteiger partial charge < -0.3 is 24.8 Å². The summed E-state index contributed by atoms with van der Waals surface area (Å²) in [5.74, 6) is 1.40. The molecule has 0 unspecified atom stereocenters. The molecule has 1 aliphatic carbocycles. The Labute approximate surface area is 192 Å². The van der Waals surface area contributed by atoms with Crippen LogP contribution >= 0.6 is 0 Å². The Balaban J connectivity index is 1.28. The number of rotatable bonds is 10. The highest BCUT2D eigenvalue weighted by molar-refractivity contribution is 5.43. The van der Waals surface area contributed by atoms with Gasteiger partial charge in [-0.2, -0.15) is 0 Å². The third-order valence-corrected chi connectivity index (χ3v) is 6.78. The van der Waals surface area contributed by atoms with Gasteiger partial charge in [-0.05, 0) is 62.0 Å². The number of hydrogen-bond donors (Lipinski definition) is 2. The van der Waals surface area contributed by atoms with Gasteiger partial charge in [-0.15, -0.1) is 0 Å². The lowest BCUT2D eigenvalue weighted by Gasteiger charge is -2.26. The van der Waals surface area contributed by atoms with Crippen LogP contribution in [-0.4, -0.2) is 49.5 Å². The highest BCUT2D eigenvalue weighted by Crippen LogP contribution is 2.45. The van der Waals surface area contributed by atoms with Crippen molar-refractivity contribution in [2.75, 3.05) is 33.4 Å². The smallest absolute Gasteiger partial charge is 0.161 e. The highest BCUT2D eigenvalue weighted by atomic mass is 16.5. The van der Waals surface area contributed by atoms with E-state index in [1.54, 1.807) is 7.11 Å². The van der Waals surface area contributed by atoms with Crippen molar-refractivity contribution in [3.05, 3.63) is 59.7 Å². The highest BCUT2D eigenvalue weighted by Gasteiger charge is 2.43. The van der Waals surface area contributed by atoms with Gasteiger partial charge in [0.25, 0.3) is 0 Å². The molecular weight excluding hydrogens is 400 g/mol. The van der Waals surface area contributed by atoms with Crippen molar-refractivity contribution in [1.82, 2.24) is 10.2 Å². The van der Waals surface area contributed by atoms with E-state index < -0.39 is 6.10 Å². The third kappa shape index (κ3) is 6.25. The van der Waals surface area contributed by atoms with E-state index >= 15 is 0 Å². The molecule has 0 amide bonds. The molecule has 0 aromatic heterocycles. The van der Waals surface area contributed by atoms with E-state index in [2.05, 4.69) is 46.6 Å². The van der Waals surface area contributed by atoms with Gasteiger partial charge in [0.2, 0.25) is 0 Å². The summed E-state index contributed by atoms with van der Waals surface area (Å²) in [6.45, 7) is 3.88. The van der Waals surface area contributed by atoms with Crippen LogP contribution in [0.4, 0.5) is 0 Å². The molecule has 1 saturated carbocycles. The topological polar surface area (TPSA) is 54.0 Å². The van der Waals surface area contributed by atoms with Crippen LogP contribution in [-0.2, 0) is 12.1 Å². The monoisotopic (exact) mass is 438 g/mol. The number of methoxy groups -OCH3 is 1. The Kier molecular flexibility index (Phi) is 8.06. The molecule has 4 rings (SSSR count). The number of benzene rings is 2. The van der Waals surface area contributed by atoms with Crippen LogP contribution in [0, 0.1) is 0 Å². The summed E-state index contributed by atoms with van der Waals surface area (Å²) >= 11 is 0. The summed E-state index contributed by atoms with van der Waals surface area (Å²) in [5, 5.41) is 14.3. The van der Waals surface area contributed by atoms with Crippen molar-refractivity contribution < 1.29 is 14.6 Å². The first kappa shape index (κ1) is 23.1. The molecule has 0 bridgehead atoms. The summed E-state index contributed by atoms with van der Waals surface area (Å²) < 4.78 is 11.5. The van der Waals surface area contributed by atoms with E-state index in [9.17, 15) is 5.11 Å². The van der Waals surface area contributed by atoms with E-state index in [1.807, 2.05) is 12.1 Å². The zero-order valence-corrected chi connectivity index (χ0v) is 19.4. The average Bonchev–Trinajstić information content (AvgIpc) is 3.60. The van der Waals surface area contributed by atoms with E-state index in [0.717, 1.165) is 25.2 Å². The minimum absolute atomic E-state index is 0.111. The molecule has 1 heterocycles. The van der Waals surface area contributed by atoms with E-state index in [0.29, 0.717) is 18.0 Å². The van der Waals surface area contributed by atoms with Crippen molar-refractivity contribution in [3.63, 3.8) is 0 Å². The molecule has 5 nitrogen and oxygen atoms in total. The molecule has 1 saturated heterocycles. The SMILES string of the molecule is COc1cc(CNC2(c3ccccc3)CC2)ccc1OC[C@@H](O)CN1CCCCCCC1. The second kappa shape index (κ2) is 11.2. The van der Waals surface area contributed by atoms with E-state index in [-0.39, 0.29) is 12.1 Å². The third-order valence-electron chi connectivity index (χ3n) is 6.78. The van der Waals surface area contributed by atoms with Crippen LogP contribution in [0.5, 0.6) is 11.5 Å². The Morgan fingerprint density at radius 3 is 2.38 bits per heavy atom. The van der Waals surface area contributed by atoms with Gasteiger partial charge in [-0.25, -0.2) is 0 Å². The molecular formula is C27H38N2O3. The number of hydrogen-bond acceptors (Lipinski definition) is 5. The first-order chi connectivity index (χ1) is 15.7. The van der Waals surface area contributed by atoms with Crippen molar-refractivity contribution in [1.29, 1.82) is 0 Å². The number of β-amino-alcohol motifs (C(OH)–C–C–N with tert-alkyl or cyclic N) is 1. The first-order valence-electron chi connectivity index (χ1n) is 12.2. The van der Waals surface area contributed by atoms with Crippen molar-refractivity contribution >= 4 is 0 Å². The summed E-state index contributed by atoms with van der Waals surface area (Å²) in [4.78, 5) is 2.37. The van der Waals surface area contributed by atoms with Gasteiger partial charge in [0.15, 0.2) is 11.5 Å². The molecule has 5 heteroatoms. The van der Waals surface area contributed by atoms with Gasteiger partial charge >= 0.3 is 0 Å². The standard InChI is InChI=1S/C27H38N2O3/c1-31-26-18-22(19-28-27(14-15-27)23-10-6-5-7-11-23)12-13-25(26)32-21-24(30)20-29-16-8-3-2-4-9-17-29/h5-7,10-13,18,24,28,30H,2-4,8-9,14-17,19-21H2,1H3/t24-/m0/s1. The number of ether oxygens (including phenoxy) is 2. The predicted molar refractivity (Wildman–Crippen MR) is 128 cm³/mol. The van der Waals surface area contributed by atoms with Crippen LogP contribution in [0.15, 0.2) is 48.5 Å². The van der Waals surface area contributed by atoms with Gasteiger partial charge in [0.1, 0.15) is 12.7 Å². The minimum Gasteiger partial charge on any atom is -0.493 e. The average molecular weight is 439 g/mol. The maximum atomic E-state index is 10.5. The fraction of sp³-hybridized carbons (Fsp3) is 0.556. The Bertz CT molecular complexity index is 830. The number of nitrogens with zero attached hydrogens (tertiary/aromatic N) is 1. The van der Waals surface area contributed by atoms with Crippen molar-refractivity contribution in [2.24, 2.45) is 0 Å². The summed E-state index contributed by atoms with van der Waals surface area (Å²) in [5.41, 5.74) is 2.64. The first-order valence-corrected chi connectivity index (χ1v) is 12.2. The Morgan fingerprint density at radius 1 is 0.969 bits per heavy atom. The largest absolute Gasteiger partial charge is 0.493 e. The fourth-order valence-electron chi connectivity index (χ4n) is 4.69. The molecule has 2 N–H and O–H groups in total. The minimum atomic E-state index is -0.499. The summed E-state index contributed by atoms with van der Waals surface area (Å²) in [6.07, 6.45) is 8.24. The van der Waals surface area contributed by atoms with Crippen LogP contribution in [0.25, 0.3) is 0 Å².